The van der Waals surface area contributed by atoms with Crippen molar-refractivity contribution in [1.29, 1.82) is 0 Å². The minimum atomic E-state index is -0.102. The van der Waals surface area contributed by atoms with E-state index >= 15 is 0 Å². The first-order valence-electron chi connectivity index (χ1n) is 23.8. The topological polar surface area (TPSA) is 6.48 Å². The van der Waals surface area contributed by atoms with Crippen molar-refractivity contribution in [3.8, 4) is 22.3 Å². The van der Waals surface area contributed by atoms with E-state index in [0.29, 0.717) is 0 Å². The van der Waals surface area contributed by atoms with Crippen LogP contribution in [0, 0.1) is 0 Å². The first kappa shape index (κ1) is 40.9. The van der Waals surface area contributed by atoms with Gasteiger partial charge in [0, 0.05) is 34.1 Å². The van der Waals surface area contributed by atoms with Gasteiger partial charge in [0.15, 0.2) is 7.28 Å². The maximum Gasteiger partial charge on any atom is 0.176 e. The van der Waals surface area contributed by atoms with Gasteiger partial charge in [0.1, 0.15) is 0 Å². The zero-order valence-corrected chi connectivity index (χ0v) is 39.9. The summed E-state index contributed by atoms with van der Waals surface area (Å²) < 4.78 is 0. The van der Waals surface area contributed by atoms with Crippen molar-refractivity contribution < 1.29 is 0 Å². The summed E-state index contributed by atoms with van der Waals surface area (Å²) in [5, 5.41) is 0. The van der Waals surface area contributed by atoms with E-state index in [1.165, 1.54) is 101 Å². The van der Waals surface area contributed by atoms with Gasteiger partial charge in [-0.3, -0.25) is 0 Å². The predicted octanol–water partition coefficient (Wildman–Crippen LogP) is 15.7. The predicted molar refractivity (Wildman–Crippen MR) is 275 cm³/mol. The molecule has 0 fully saturated rings. The number of nitrogens with zero attached hydrogens (tertiary/aromatic N) is 2. The molecule has 1 atom stereocenters. The molecular formula is C61H63BN2. The van der Waals surface area contributed by atoms with Crippen molar-refractivity contribution in [3.05, 3.63) is 185 Å². The van der Waals surface area contributed by atoms with Crippen LogP contribution in [0.15, 0.2) is 146 Å². The summed E-state index contributed by atoms with van der Waals surface area (Å²) in [7, 11) is 0.897. The highest BCUT2D eigenvalue weighted by Crippen LogP contribution is 2.58. The fourth-order valence-corrected chi connectivity index (χ4v) is 13.0. The molecule has 2 nitrogen and oxygen atoms in total. The number of hydrogen-bond acceptors (Lipinski definition) is 2. The van der Waals surface area contributed by atoms with Gasteiger partial charge in [0.25, 0.3) is 0 Å². The summed E-state index contributed by atoms with van der Waals surface area (Å²) in [5.74, 6) is 0.111. The highest BCUT2D eigenvalue weighted by atomic mass is 15.2. The van der Waals surface area contributed by atoms with E-state index in [-0.39, 0.29) is 32.9 Å². The van der Waals surface area contributed by atoms with E-state index in [9.17, 15) is 0 Å². The van der Waals surface area contributed by atoms with Crippen LogP contribution in [0.5, 0.6) is 0 Å². The van der Waals surface area contributed by atoms with Gasteiger partial charge in [-0.1, -0.05) is 167 Å². The number of fused-ring (bicyclic) bond motifs is 7. The lowest BCUT2D eigenvalue weighted by molar-refractivity contribution is 0.402. The lowest BCUT2D eigenvalue weighted by Gasteiger charge is -2.37. The van der Waals surface area contributed by atoms with Crippen LogP contribution in [0.25, 0.3) is 22.3 Å². The van der Waals surface area contributed by atoms with Crippen molar-refractivity contribution in [2.75, 3.05) is 9.80 Å². The third-order valence-electron chi connectivity index (χ3n) is 15.7. The Hall–Kier alpha value is -5.80. The second-order valence-electron chi connectivity index (χ2n) is 23.3. The van der Waals surface area contributed by atoms with Crippen LogP contribution in [0.3, 0.4) is 0 Å². The van der Waals surface area contributed by atoms with Gasteiger partial charge in [-0.05, 0) is 167 Å². The Kier molecular flexibility index (Phi) is 8.86. The first-order valence-corrected chi connectivity index (χ1v) is 23.8. The van der Waals surface area contributed by atoms with E-state index in [4.69, 9.17) is 0 Å². The van der Waals surface area contributed by atoms with Crippen LogP contribution in [-0.4, -0.2) is 7.28 Å². The summed E-state index contributed by atoms with van der Waals surface area (Å²) in [6, 6.07) is 56.4. The number of benzene rings is 7. The minimum absolute atomic E-state index is 0.0463. The lowest BCUT2D eigenvalue weighted by atomic mass is 9.54. The molecule has 2 aliphatic heterocycles. The van der Waals surface area contributed by atoms with Crippen molar-refractivity contribution in [1.82, 2.24) is 0 Å². The van der Waals surface area contributed by atoms with Crippen LogP contribution >= 0.6 is 0 Å². The van der Waals surface area contributed by atoms with E-state index in [1.54, 1.807) is 0 Å². The van der Waals surface area contributed by atoms with Gasteiger partial charge in [-0.2, -0.15) is 0 Å². The largest absolute Gasteiger partial charge is 0.311 e. The molecule has 2 bridgehead atoms. The highest BCUT2D eigenvalue weighted by molar-refractivity contribution is 6.61. The summed E-state index contributed by atoms with van der Waals surface area (Å²) >= 11 is 0. The maximum absolute atomic E-state index is 2.72. The van der Waals surface area contributed by atoms with Crippen molar-refractivity contribution in [3.63, 3.8) is 0 Å². The first-order chi connectivity index (χ1) is 30.3. The van der Waals surface area contributed by atoms with Crippen LogP contribution in [-0.2, 0) is 27.1 Å². The van der Waals surface area contributed by atoms with E-state index in [0.717, 1.165) is 20.1 Å². The molecule has 64 heavy (non-hydrogen) atoms. The molecule has 320 valence electrons. The van der Waals surface area contributed by atoms with Crippen molar-refractivity contribution >= 4 is 46.9 Å². The van der Waals surface area contributed by atoms with E-state index < -0.39 is 0 Å². The van der Waals surface area contributed by atoms with Crippen LogP contribution < -0.4 is 15.3 Å². The Balaban J connectivity index is 1.26. The van der Waals surface area contributed by atoms with Crippen molar-refractivity contribution in [2.24, 2.45) is 0 Å². The Morgan fingerprint density at radius 1 is 0.422 bits per heavy atom. The Labute approximate surface area is 383 Å². The molecule has 0 radical (unpaired) electrons. The average Bonchev–Trinajstić information content (AvgIpc) is 3.41. The maximum atomic E-state index is 2.72. The number of hydrogen-bond donors (Lipinski definition) is 0. The molecule has 0 amide bonds. The molecule has 11 rings (SSSR count). The Morgan fingerprint density at radius 2 is 0.891 bits per heavy atom. The monoisotopic (exact) mass is 835 g/mol. The summed E-state index contributed by atoms with van der Waals surface area (Å²) in [6.07, 6.45) is 2.27. The zero-order valence-electron chi connectivity index (χ0n) is 39.9. The molecule has 0 saturated carbocycles. The second kappa shape index (κ2) is 13.9. The summed E-state index contributed by atoms with van der Waals surface area (Å²) in [4.78, 5) is 5.33. The fourth-order valence-electron chi connectivity index (χ4n) is 13.0. The molecule has 7 aromatic rings. The molecular weight excluding hydrogens is 771 g/mol. The average molecular weight is 835 g/mol. The third-order valence-corrected chi connectivity index (χ3v) is 15.7. The zero-order chi connectivity index (χ0) is 44.7. The van der Waals surface area contributed by atoms with Gasteiger partial charge in [-0.15, -0.1) is 0 Å². The standard InChI is InChI=1S/C61H63BN2/c1-57(2,3)42-31-53-56-54(32-42)64(44-27-28-47-48(33-44)59(6,7)36-58(47,4)5)52-35-50-49(60(8,9)37-61(50,10)11)34-46(52)55(62-56)45-30-41(39-20-16-13-17-21-39)24-29-51(45)63(53)43-25-22-40(23-26-43)38-18-14-12-15-19-38/h12-35,55,62H,36-37H2,1-11H3. The minimum Gasteiger partial charge on any atom is -0.311 e. The van der Waals surface area contributed by atoms with Crippen LogP contribution in [0.1, 0.15) is 134 Å². The van der Waals surface area contributed by atoms with E-state index in [2.05, 4.69) is 232 Å². The normalized spacial score (nSPS) is 19.1. The van der Waals surface area contributed by atoms with Gasteiger partial charge in [-0.25, -0.2) is 0 Å². The second-order valence-corrected chi connectivity index (χ2v) is 23.3. The highest BCUT2D eigenvalue weighted by Gasteiger charge is 2.47. The Bertz CT molecular complexity index is 3000. The molecule has 4 aliphatic rings. The summed E-state index contributed by atoms with van der Waals surface area (Å²) in [6.45, 7) is 26.8. The smallest absolute Gasteiger partial charge is 0.176 e. The molecule has 1 unspecified atom stereocenters. The number of rotatable bonds is 4. The molecule has 0 saturated heterocycles. The van der Waals surface area contributed by atoms with Crippen molar-refractivity contribution in [2.45, 2.75) is 122 Å². The van der Waals surface area contributed by atoms with Gasteiger partial charge >= 0.3 is 0 Å². The summed E-state index contributed by atoms with van der Waals surface area (Å²) in [5.41, 5.74) is 24.3. The third kappa shape index (κ3) is 6.35. The van der Waals surface area contributed by atoms with Crippen LogP contribution in [0.4, 0.5) is 34.1 Å². The quantitative estimate of drug-likeness (QED) is 0.163. The molecule has 3 heteroatoms. The SMILES string of the molecule is CC(C)(C)c1cc2c3c(c1)N(c1ccc4c(c1)C(C)(C)CC4(C)C)c1cc4c(cc1C(B3)c1cc(-c3ccccc3)ccc1N2c1ccc(-c2ccccc2)cc1)C(C)(C)CC4(C)C. The fraction of sp³-hybridized carbons (Fsp3) is 0.311. The molecule has 0 aromatic heterocycles. The Morgan fingerprint density at radius 3 is 1.48 bits per heavy atom. The van der Waals surface area contributed by atoms with E-state index in [1.807, 2.05) is 0 Å². The van der Waals surface area contributed by atoms with Gasteiger partial charge < -0.3 is 9.80 Å². The molecule has 0 spiro atoms. The molecule has 2 heterocycles. The number of anilines is 6. The van der Waals surface area contributed by atoms with Gasteiger partial charge in [0.2, 0.25) is 0 Å². The molecule has 7 aromatic carbocycles. The van der Waals surface area contributed by atoms with Gasteiger partial charge in [0.05, 0.1) is 0 Å². The molecule has 2 aliphatic carbocycles. The van der Waals surface area contributed by atoms with Crippen LogP contribution in [0.2, 0.25) is 0 Å². The molecule has 0 N–H and O–H groups in total. The lowest BCUT2D eigenvalue weighted by Crippen LogP contribution is -2.29.